The van der Waals surface area contributed by atoms with Crippen LogP contribution in [0.2, 0.25) is 0 Å². The number of nitrogen functional groups attached to an aromatic ring is 1. The molecule has 0 radical (unpaired) electrons. The van der Waals surface area contributed by atoms with Gasteiger partial charge in [0.2, 0.25) is 0 Å². The Morgan fingerprint density at radius 2 is 2.11 bits per heavy atom. The van der Waals surface area contributed by atoms with E-state index in [1.54, 1.807) is 17.4 Å². The van der Waals surface area contributed by atoms with Crippen LogP contribution >= 0.6 is 11.3 Å². The molecule has 0 atom stereocenters. The highest BCUT2D eigenvalue weighted by Crippen LogP contribution is 2.33. The highest BCUT2D eigenvalue weighted by Gasteiger charge is 2.11. The molecule has 3 N–H and O–H groups in total. The summed E-state index contributed by atoms with van der Waals surface area (Å²) in [5.41, 5.74) is 3.74. The fourth-order valence-corrected chi connectivity index (χ4v) is 2.64. The molecule has 0 amide bonds. The quantitative estimate of drug-likeness (QED) is 0.548. The lowest BCUT2D eigenvalue weighted by Crippen LogP contribution is -2.10. The molecule has 90 valence electrons. The third-order valence-corrected chi connectivity index (χ3v) is 3.62. The number of anilines is 1. The van der Waals surface area contributed by atoms with Crippen LogP contribution in [0, 0.1) is 5.82 Å². The summed E-state index contributed by atoms with van der Waals surface area (Å²) in [6, 6.07) is 10.7. The number of nitrogens with one attached hydrogen (secondary N) is 1. The van der Waals surface area contributed by atoms with Gasteiger partial charge in [-0.15, -0.1) is 11.3 Å². The minimum absolute atomic E-state index is 0.325. The summed E-state index contributed by atoms with van der Waals surface area (Å²) in [4.78, 5) is 5.29. The third kappa shape index (κ3) is 1.73. The lowest BCUT2D eigenvalue weighted by molar-refractivity contribution is 0.637. The number of rotatable bonds is 2. The molecule has 0 aliphatic heterocycles. The van der Waals surface area contributed by atoms with Crippen LogP contribution in [-0.2, 0) is 0 Å². The van der Waals surface area contributed by atoms with Crippen molar-refractivity contribution in [2.24, 2.45) is 5.84 Å². The summed E-state index contributed by atoms with van der Waals surface area (Å²) >= 11 is 1.59. The van der Waals surface area contributed by atoms with Gasteiger partial charge in [0, 0.05) is 15.8 Å². The normalized spacial score (nSPS) is 10.8. The predicted octanol–water partition coefficient (Wildman–Crippen LogP) is 3.39. The Balaban J connectivity index is 2.32. The second kappa shape index (κ2) is 4.36. The molecule has 18 heavy (non-hydrogen) atoms. The smallest absolute Gasteiger partial charge is 0.149 e. The first kappa shape index (κ1) is 11.1. The van der Waals surface area contributed by atoms with Crippen LogP contribution in [0.3, 0.4) is 0 Å². The first-order chi connectivity index (χ1) is 8.79. The van der Waals surface area contributed by atoms with Gasteiger partial charge in [-0.25, -0.2) is 15.2 Å². The number of benzene rings is 1. The van der Waals surface area contributed by atoms with Gasteiger partial charge in [0.1, 0.15) is 17.2 Å². The molecule has 0 aliphatic carbocycles. The largest absolute Gasteiger partial charge is 0.308 e. The zero-order valence-electron chi connectivity index (χ0n) is 9.35. The van der Waals surface area contributed by atoms with E-state index in [9.17, 15) is 4.39 Å². The zero-order valence-corrected chi connectivity index (χ0v) is 10.2. The molecule has 5 heteroatoms. The number of pyridine rings is 1. The maximum atomic E-state index is 13.6. The topological polar surface area (TPSA) is 50.9 Å². The van der Waals surface area contributed by atoms with Gasteiger partial charge in [0.25, 0.3) is 0 Å². The summed E-state index contributed by atoms with van der Waals surface area (Å²) in [5, 5.41) is 2.74. The van der Waals surface area contributed by atoms with E-state index in [1.165, 1.54) is 6.07 Å². The number of nitrogens with zero attached hydrogens (tertiary/aromatic N) is 1. The molecule has 0 saturated heterocycles. The van der Waals surface area contributed by atoms with E-state index < -0.39 is 0 Å². The van der Waals surface area contributed by atoms with Gasteiger partial charge < -0.3 is 5.43 Å². The minimum atomic E-state index is -0.346. The Morgan fingerprint density at radius 1 is 1.22 bits per heavy atom. The van der Waals surface area contributed by atoms with E-state index in [0.29, 0.717) is 11.3 Å². The number of para-hydroxylation sites is 1. The third-order valence-electron chi connectivity index (χ3n) is 2.72. The molecule has 1 aromatic carbocycles. The molecule has 0 aliphatic rings. The predicted molar refractivity (Wildman–Crippen MR) is 72.8 cm³/mol. The van der Waals surface area contributed by atoms with Crippen molar-refractivity contribution in [1.82, 2.24) is 4.98 Å². The summed E-state index contributed by atoms with van der Waals surface area (Å²) in [5.74, 6) is 5.60. The fourth-order valence-electron chi connectivity index (χ4n) is 1.89. The average Bonchev–Trinajstić information content (AvgIpc) is 2.91. The number of thiophene rings is 1. The number of hydrogen-bond acceptors (Lipinski definition) is 4. The molecule has 2 heterocycles. The van der Waals surface area contributed by atoms with E-state index in [2.05, 4.69) is 10.4 Å². The Morgan fingerprint density at radius 3 is 2.83 bits per heavy atom. The van der Waals surface area contributed by atoms with E-state index in [4.69, 9.17) is 5.84 Å². The zero-order chi connectivity index (χ0) is 12.5. The number of fused-ring (bicyclic) bond motifs is 1. The number of hydrogen-bond donors (Lipinski definition) is 2. The van der Waals surface area contributed by atoms with E-state index in [1.807, 2.05) is 29.6 Å². The summed E-state index contributed by atoms with van der Waals surface area (Å²) < 4.78 is 13.6. The van der Waals surface area contributed by atoms with Crippen molar-refractivity contribution < 1.29 is 4.39 Å². The molecule has 0 saturated carbocycles. The number of halogens is 1. The van der Waals surface area contributed by atoms with Crippen LogP contribution in [0.5, 0.6) is 0 Å². The van der Waals surface area contributed by atoms with Crippen LogP contribution in [-0.4, -0.2) is 4.98 Å². The van der Waals surface area contributed by atoms with Crippen LogP contribution in [0.1, 0.15) is 0 Å². The molecule has 0 spiro atoms. The average molecular weight is 259 g/mol. The Bertz CT molecular complexity index is 695. The van der Waals surface area contributed by atoms with E-state index in [-0.39, 0.29) is 5.82 Å². The molecular formula is C13H10FN3S. The molecule has 2 aromatic heterocycles. The van der Waals surface area contributed by atoms with Gasteiger partial charge in [-0.3, -0.25) is 0 Å². The summed E-state index contributed by atoms with van der Waals surface area (Å²) in [6.07, 6.45) is 0. The standard InChI is InChI=1S/C13H10FN3S/c14-10-4-1-3-8-7-9(11-5-2-6-18-11)13(17-15)16-12(8)10/h1-7H,15H2,(H,16,17). The molecule has 0 bridgehead atoms. The van der Waals surface area contributed by atoms with Gasteiger partial charge in [-0.1, -0.05) is 18.2 Å². The van der Waals surface area contributed by atoms with Crippen molar-refractivity contribution in [3.8, 4) is 10.4 Å². The van der Waals surface area contributed by atoms with Gasteiger partial charge in [-0.05, 0) is 23.6 Å². The molecular weight excluding hydrogens is 249 g/mol. The Kier molecular flexibility index (Phi) is 2.70. The number of hydrazine groups is 1. The number of aromatic nitrogens is 1. The van der Waals surface area contributed by atoms with Gasteiger partial charge >= 0.3 is 0 Å². The van der Waals surface area contributed by atoms with E-state index in [0.717, 1.165) is 15.8 Å². The van der Waals surface area contributed by atoms with Gasteiger partial charge in [0.15, 0.2) is 0 Å². The lowest BCUT2D eigenvalue weighted by atomic mass is 10.1. The van der Waals surface area contributed by atoms with E-state index >= 15 is 0 Å². The SMILES string of the molecule is NNc1nc2c(F)cccc2cc1-c1cccs1. The van der Waals surface area contributed by atoms with Crippen molar-refractivity contribution in [1.29, 1.82) is 0 Å². The van der Waals surface area contributed by atoms with Crippen molar-refractivity contribution in [2.45, 2.75) is 0 Å². The lowest BCUT2D eigenvalue weighted by Gasteiger charge is -2.08. The summed E-state index contributed by atoms with van der Waals surface area (Å²) in [6.45, 7) is 0. The second-order valence-corrected chi connectivity index (χ2v) is 4.77. The first-order valence-corrected chi connectivity index (χ1v) is 6.27. The monoisotopic (exact) mass is 259 g/mol. The fraction of sp³-hybridized carbons (Fsp3) is 0. The highest BCUT2D eigenvalue weighted by molar-refractivity contribution is 7.13. The molecule has 3 rings (SSSR count). The van der Waals surface area contributed by atoms with Crippen LogP contribution in [0.4, 0.5) is 10.2 Å². The Labute approximate surface area is 107 Å². The molecule has 3 aromatic rings. The maximum absolute atomic E-state index is 13.6. The van der Waals surface area contributed by atoms with Crippen LogP contribution in [0.15, 0.2) is 41.8 Å². The number of nitrogens with two attached hydrogens (primary N) is 1. The minimum Gasteiger partial charge on any atom is -0.308 e. The van der Waals surface area contributed by atoms with Crippen molar-refractivity contribution in [3.63, 3.8) is 0 Å². The summed E-state index contributed by atoms with van der Waals surface area (Å²) in [7, 11) is 0. The highest BCUT2D eigenvalue weighted by atomic mass is 32.1. The molecule has 3 nitrogen and oxygen atoms in total. The van der Waals surface area contributed by atoms with Crippen molar-refractivity contribution in [2.75, 3.05) is 5.43 Å². The molecule has 0 fully saturated rings. The van der Waals surface area contributed by atoms with Crippen LogP contribution < -0.4 is 11.3 Å². The van der Waals surface area contributed by atoms with Crippen LogP contribution in [0.25, 0.3) is 21.3 Å². The molecule has 0 unspecified atom stereocenters. The van der Waals surface area contributed by atoms with Gasteiger partial charge in [0.05, 0.1) is 0 Å². The van der Waals surface area contributed by atoms with Crippen molar-refractivity contribution in [3.05, 3.63) is 47.6 Å². The Hall–Kier alpha value is -1.98. The maximum Gasteiger partial charge on any atom is 0.149 e. The second-order valence-electron chi connectivity index (χ2n) is 3.82. The van der Waals surface area contributed by atoms with Crippen molar-refractivity contribution >= 4 is 28.1 Å². The first-order valence-electron chi connectivity index (χ1n) is 5.39. The van der Waals surface area contributed by atoms with Gasteiger partial charge in [-0.2, -0.15) is 0 Å².